The van der Waals surface area contributed by atoms with Gasteiger partial charge >= 0.3 is 0 Å². The number of halogens is 1. The second-order valence-corrected chi connectivity index (χ2v) is 9.82. The van der Waals surface area contributed by atoms with Crippen molar-refractivity contribution in [3.8, 4) is 17.6 Å². The Bertz CT molecular complexity index is 1470. The van der Waals surface area contributed by atoms with Crippen molar-refractivity contribution in [1.29, 1.82) is 0 Å². The average molecular weight is 514 g/mol. The van der Waals surface area contributed by atoms with Crippen LogP contribution in [0.1, 0.15) is 36.5 Å². The molecule has 186 valence electrons. The van der Waals surface area contributed by atoms with Crippen molar-refractivity contribution < 1.29 is 18.7 Å². The number of aliphatic imine (C=N–C) groups is 1. The lowest BCUT2D eigenvalue weighted by atomic mass is 10.0. The molecular weight excluding hydrogens is 488 g/mol. The van der Waals surface area contributed by atoms with Crippen molar-refractivity contribution in [3.63, 3.8) is 0 Å². The van der Waals surface area contributed by atoms with Crippen LogP contribution in [0.2, 0.25) is 0 Å². The van der Waals surface area contributed by atoms with Gasteiger partial charge in [0.1, 0.15) is 5.41 Å². The van der Waals surface area contributed by atoms with Gasteiger partial charge in [0.15, 0.2) is 17.7 Å². The Kier molecular flexibility index (Phi) is 6.78. The van der Waals surface area contributed by atoms with Crippen molar-refractivity contribution in [2.24, 2.45) is 10.4 Å². The lowest BCUT2D eigenvalue weighted by Crippen LogP contribution is -2.35. The minimum atomic E-state index is -1.16. The maximum absolute atomic E-state index is 15.0. The topological polar surface area (TPSA) is 79.8 Å². The summed E-state index contributed by atoms with van der Waals surface area (Å²) in [5.41, 5.74) is 2.23. The quantitative estimate of drug-likeness (QED) is 0.270. The van der Waals surface area contributed by atoms with Crippen molar-refractivity contribution in [2.45, 2.75) is 32.3 Å². The van der Waals surface area contributed by atoms with Gasteiger partial charge in [-0.25, -0.2) is 4.39 Å². The van der Waals surface area contributed by atoms with E-state index >= 15 is 4.39 Å². The number of anilines is 2. The van der Waals surface area contributed by atoms with E-state index < -0.39 is 23.2 Å². The molecule has 1 aliphatic carbocycles. The third-order valence-corrected chi connectivity index (χ3v) is 6.72. The van der Waals surface area contributed by atoms with Gasteiger partial charge in [0.25, 0.3) is 0 Å². The first-order valence-electron chi connectivity index (χ1n) is 11.9. The highest BCUT2D eigenvalue weighted by Gasteiger charge is 2.56. The molecule has 0 radical (unpaired) electrons. The van der Waals surface area contributed by atoms with Gasteiger partial charge in [-0.2, -0.15) is 0 Å². The molecule has 2 amide bonds. The summed E-state index contributed by atoms with van der Waals surface area (Å²) in [6.45, 7) is 1.95. The highest BCUT2D eigenvalue weighted by atomic mass is 31.0. The number of carbonyl (C=O) groups is 2. The summed E-state index contributed by atoms with van der Waals surface area (Å²) in [5.74, 6) is 4.53. The second-order valence-electron chi connectivity index (χ2n) is 9.15. The summed E-state index contributed by atoms with van der Waals surface area (Å²) in [6, 6.07) is 17.2. The van der Waals surface area contributed by atoms with Crippen LogP contribution < -0.4 is 20.7 Å². The van der Waals surface area contributed by atoms with Gasteiger partial charge in [-0.05, 0) is 55.4 Å². The monoisotopic (exact) mass is 513 g/mol. The summed E-state index contributed by atoms with van der Waals surface area (Å²) in [4.78, 5) is 30.3. The van der Waals surface area contributed by atoms with E-state index in [1.165, 1.54) is 12.1 Å². The molecule has 1 unspecified atom stereocenters. The molecule has 1 heterocycles. The first-order chi connectivity index (χ1) is 17.8. The molecule has 0 spiro atoms. The first-order valence-corrected chi connectivity index (χ1v) is 12.5. The zero-order chi connectivity index (χ0) is 26.0. The SMILES string of the molecule is Cc1ccc(NC(=O)C2(C(=O)Nc3ccc(O[C@H]4C#CCC=Nc5cc(P)ccc54)c(F)c3)CC2)cc1. The number of fused-ring (bicyclic) bond motifs is 1. The Morgan fingerprint density at radius 3 is 2.43 bits per heavy atom. The van der Waals surface area contributed by atoms with Crippen LogP contribution >= 0.6 is 9.24 Å². The minimum absolute atomic E-state index is 0.000927. The summed E-state index contributed by atoms with van der Waals surface area (Å²) < 4.78 is 21.0. The third-order valence-electron chi connectivity index (χ3n) is 6.36. The molecule has 2 aliphatic rings. The van der Waals surface area contributed by atoms with Crippen molar-refractivity contribution >= 4 is 49.6 Å². The predicted octanol–water partition coefficient (Wildman–Crippen LogP) is 5.22. The van der Waals surface area contributed by atoms with Gasteiger partial charge < -0.3 is 15.4 Å². The fraction of sp³-hybridized carbons (Fsp3) is 0.207. The number of rotatable bonds is 6. The molecule has 0 bridgehead atoms. The molecule has 2 atom stereocenters. The van der Waals surface area contributed by atoms with Gasteiger partial charge in [-0.1, -0.05) is 41.7 Å². The number of nitrogens with zero attached hydrogens (tertiary/aromatic N) is 1. The maximum Gasteiger partial charge on any atom is 0.240 e. The summed E-state index contributed by atoms with van der Waals surface area (Å²) >= 11 is 0. The van der Waals surface area contributed by atoms with Crippen LogP contribution in [-0.4, -0.2) is 18.0 Å². The number of hydrogen-bond acceptors (Lipinski definition) is 4. The van der Waals surface area contributed by atoms with E-state index in [1.807, 2.05) is 37.3 Å². The van der Waals surface area contributed by atoms with E-state index in [0.717, 1.165) is 22.1 Å². The molecule has 1 fully saturated rings. The molecule has 1 saturated carbocycles. The zero-order valence-corrected chi connectivity index (χ0v) is 21.3. The van der Waals surface area contributed by atoms with Gasteiger partial charge in [0.05, 0.1) is 5.69 Å². The smallest absolute Gasteiger partial charge is 0.240 e. The van der Waals surface area contributed by atoms with Gasteiger partial charge in [0, 0.05) is 35.6 Å². The second kappa shape index (κ2) is 10.2. The fourth-order valence-electron chi connectivity index (χ4n) is 4.03. The van der Waals surface area contributed by atoms with E-state index in [-0.39, 0.29) is 17.3 Å². The number of ether oxygens (including phenoxy) is 1. The zero-order valence-electron chi connectivity index (χ0n) is 20.2. The normalized spacial score (nSPS) is 16.8. The molecule has 3 aromatic carbocycles. The Morgan fingerprint density at radius 2 is 1.73 bits per heavy atom. The lowest BCUT2D eigenvalue weighted by molar-refractivity contribution is -0.131. The highest BCUT2D eigenvalue weighted by molar-refractivity contribution is 7.27. The molecule has 37 heavy (non-hydrogen) atoms. The van der Waals surface area contributed by atoms with Crippen LogP contribution in [0.25, 0.3) is 0 Å². The van der Waals surface area contributed by atoms with E-state index in [0.29, 0.717) is 24.9 Å². The maximum atomic E-state index is 15.0. The Labute approximate surface area is 216 Å². The van der Waals surface area contributed by atoms with Crippen LogP contribution in [0.5, 0.6) is 5.75 Å². The van der Waals surface area contributed by atoms with E-state index in [9.17, 15) is 9.59 Å². The van der Waals surface area contributed by atoms with Crippen LogP contribution in [0, 0.1) is 30.0 Å². The standard InChI is InChI=1S/C29H25FN3O3P/c1-18-5-7-19(8-6-18)32-27(34)29(13-14-29)28(35)33-20-9-12-26(23(30)16-20)36-25-4-2-3-15-31-24-17-21(37)10-11-22(24)25/h5-12,15-17,25H,3,13-14,37H2,1H3,(H,32,34)(H,33,35)/t25-/m0/s1. The molecule has 6 nitrogen and oxygen atoms in total. The Morgan fingerprint density at radius 1 is 1.03 bits per heavy atom. The molecule has 5 rings (SSSR count). The number of nitrogens with one attached hydrogen (secondary N) is 2. The van der Waals surface area contributed by atoms with E-state index in [4.69, 9.17) is 4.74 Å². The Hall–Kier alpha value is -4.01. The summed E-state index contributed by atoms with van der Waals surface area (Å²) in [5, 5.41) is 6.46. The molecule has 8 heteroatoms. The Balaban J connectivity index is 1.28. The third kappa shape index (κ3) is 5.40. The molecule has 1 aliphatic heterocycles. The molecule has 0 saturated heterocycles. The van der Waals surface area contributed by atoms with Crippen LogP contribution in [0.3, 0.4) is 0 Å². The number of hydrogen-bond donors (Lipinski definition) is 2. The van der Waals surface area contributed by atoms with E-state index in [1.54, 1.807) is 24.4 Å². The minimum Gasteiger partial charge on any atom is -0.470 e. The number of aryl methyl sites for hydroxylation is 1. The van der Waals surface area contributed by atoms with Crippen LogP contribution in [-0.2, 0) is 9.59 Å². The molecule has 3 aromatic rings. The fourth-order valence-corrected chi connectivity index (χ4v) is 4.28. The van der Waals surface area contributed by atoms with Gasteiger partial charge in [0.2, 0.25) is 11.8 Å². The molecule has 0 aromatic heterocycles. The highest BCUT2D eigenvalue weighted by Crippen LogP contribution is 2.47. The van der Waals surface area contributed by atoms with Crippen molar-refractivity contribution in [2.75, 3.05) is 10.6 Å². The number of carbonyl (C=O) groups excluding carboxylic acids is 2. The summed E-state index contributed by atoms with van der Waals surface area (Å²) in [7, 11) is 2.62. The van der Waals surface area contributed by atoms with E-state index in [2.05, 4.69) is 36.7 Å². The number of benzene rings is 3. The molecular formula is C29H25FN3O3P. The average Bonchev–Trinajstić information content (AvgIpc) is 3.67. The number of amides is 2. The lowest BCUT2D eigenvalue weighted by Gasteiger charge is -2.19. The largest absolute Gasteiger partial charge is 0.470 e. The summed E-state index contributed by atoms with van der Waals surface area (Å²) in [6.07, 6.45) is 2.36. The predicted molar refractivity (Wildman–Crippen MR) is 146 cm³/mol. The van der Waals surface area contributed by atoms with Crippen molar-refractivity contribution in [3.05, 3.63) is 77.6 Å². The van der Waals surface area contributed by atoms with Gasteiger partial charge in [-0.3, -0.25) is 14.6 Å². The van der Waals surface area contributed by atoms with Crippen molar-refractivity contribution in [1.82, 2.24) is 0 Å². The van der Waals surface area contributed by atoms with Crippen LogP contribution in [0.4, 0.5) is 21.5 Å². The first kappa shape index (κ1) is 24.7. The van der Waals surface area contributed by atoms with Crippen LogP contribution in [0.15, 0.2) is 65.7 Å². The molecule has 2 N–H and O–H groups in total. The van der Waals surface area contributed by atoms with Gasteiger partial charge in [-0.15, -0.1) is 9.24 Å².